The van der Waals surface area contributed by atoms with Gasteiger partial charge >= 0.3 is 0 Å². The van der Waals surface area contributed by atoms with Crippen LogP contribution in [0.2, 0.25) is 0 Å². The highest BCUT2D eigenvalue weighted by molar-refractivity contribution is 5.81. The number of amides is 1. The summed E-state index contributed by atoms with van der Waals surface area (Å²) in [7, 11) is 7.61. The first-order chi connectivity index (χ1) is 18.9. The van der Waals surface area contributed by atoms with Crippen LogP contribution in [0.5, 0.6) is 11.5 Å². The average Bonchev–Trinajstić information content (AvgIpc) is 3.23. The van der Waals surface area contributed by atoms with E-state index >= 15 is 0 Å². The molecule has 1 saturated heterocycles. The molecule has 3 aromatic rings. The number of allylic oxidation sites excluding steroid dienone is 1. The molecule has 2 aliphatic rings. The quantitative estimate of drug-likeness (QED) is 0.391. The minimum atomic E-state index is 0.00499. The van der Waals surface area contributed by atoms with Gasteiger partial charge in [-0.2, -0.15) is 0 Å². The van der Waals surface area contributed by atoms with Crippen molar-refractivity contribution in [2.75, 3.05) is 28.3 Å². The van der Waals surface area contributed by atoms with E-state index in [0.29, 0.717) is 11.5 Å². The van der Waals surface area contributed by atoms with Crippen LogP contribution in [0.3, 0.4) is 0 Å². The number of methoxy groups -OCH3 is 2. The fourth-order valence-electron chi connectivity index (χ4n) is 6.01. The molecule has 0 aromatic heterocycles. The standard InChI is InChI=1S/C33H37N3O3/c1-23-18-19-36(30(37)21-24-16-17-28(38-4)29(20-24)39-5)22-27(23)33-34(2)31(25-12-8-6-9-13-25)32(35(33)3)26-14-10-7-11-15-26/h6-20,22-23,31-33H,21H2,1-5H3/t23-,31+,32+/m1/s1. The molecule has 2 heterocycles. The lowest BCUT2D eigenvalue weighted by Crippen LogP contribution is -2.40. The zero-order valence-corrected chi connectivity index (χ0v) is 23.3. The second-order valence-electron chi connectivity index (χ2n) is 10.3. The molecule has 5 rings (SSSR count). The number of ether oxygens (including phenoxy) is 2. The molecule has 202 valence electrons. The van der Waals surface area contributed by atoms with Gasteiger partial charge in [0.15, 0.2) is 11.5 Å². The molecule has 0 spiro atoms. The molecule has 39 heavy (non-hydrogen) atoms. The van der Waals surface area contributed by atoms with Crippen LogP contribution in [-0.2, 0) is 11.2 Å². The van der Waals surface area contributed by atoms with E-state index < -0.39 is 0 Å². The Morgan fingerprint density at radius 3 is 1.90 bits per heavy atom. The lowest BCUT2D eigenvalue weighted by atomic mass is 9.93. The van der Waals surface area contributed by atoms with Gasteiger partial charge in [0.05, 0.1) is 38.9 Å². The van der Waals surface area contributed by atoms with Crippen LogP contribution in [0.4, 0.5) is 0 Å². The van der Waals surface area contributed by atoms with E-state index in [2.05, 4.69) is 97.6 Å². The van der Waals surface area contributed by atoms with Crippen LogP contribution in [0.15, 0.2) is 103 Å². The molecule has 6 heteroatoms. The van der Waals surface area contributed by atoms with E-state index in [1.165, 1.54) is 16.7 Å². The van der Waals surface area contributed by atoms with Crippen LogP contribution >= 0.6 is 0 Å². The molecule has 0 N–H and O–H groups in total. The molecule has 3 aromatic carbocycles. The molecule has 0 aliphatic carbocycles. The minimum Gasteiger partial charge on any atom is -0.493 e. The predicted octanol–water partition coefficient (Wildman–Crippen LogP) is 5.81. The van der Waals surface area contributed by atoms with Crippen molar-refractivity contribution >= 4 is 5.91 Å². The summed E-state index contributed by atoms with van der Waals surface area (Å²) in [6.45, 7) is 2.20. The zero-order chi connectivity index (χ0) is 27.5. The van der Waals surface area contributed by atoms with Gasteiger partial charge in [0.1, 0.15) is 0 Å². The molecular formula is C33H37N3O3. The molecule has 3 atom stereocenters. The Hall–Kier alpha value is -3.87. The van der Waals surface area contributed by atoms with Crippen LogP contribution in [-0.4, -0.2) is 55.1 Å². The lowest BCUT2D eigenvalue weighted by Gasteiger charge is -2.35. The number of hydrogen-bond acceptors (Lipinski definition) is 5. The Balaban J connectivity index is 1.45. The number of carbonyl (C=O) groups excluding carboxylic acids is 1. The molecule has 0 bridgehead atoms. The van der Waals surface area contributed by atoms with Crippen LogP contribution in [0.25, 0.3) is 0 Å². The first-order valence-electron chi connectivity index (χ1n) is 13.4. The van der Waals surface area contributed by atoms with Crippen molar-refractivity contribution < 1.29 is 14.3 Å². The summed E-state index contributed by atoms with van der Waals surface area (Å²) in [5, 5.41) is 0. The maximum atomic E-state index is 13.5. The molecule has 6 nitrogen and oxygen atoms in total. The maximum Gasteiger partial charge on any atom is 0.234 e. The highest BCUT2D eigenvalue weighted by atomic mass is 16.5. The minimum absolute atomic E-state index is 0.00499. The zero-order valence-electron chi connectivity index (χ0n) is 23.3. The monoisotopic (exact) mass is 523 g/mol. The van der Waals surface area contributed by atoms with Gasteiger partial charge in [-0.05, 0) is 48.5 Å². The average molecular weight is 524 g/mol. The van der Waals surface area contributed by atoms with E-state index in [4.69, 9.17) is 9.47 Å². The molecule has 2 aliphatic heterocycles. The number of carbonyl (C=O) groups is 1. The van der Waals surface area contributed by atoms with Gasteiger partial charge in [-0.3, -0.25) is 19.5 Å². The number of benzene rings is 3. The van der Waals surface area contributed by atoms with Crippen molar-refractivity contribution in [3.63, 3.8) is 0 Å². The highest BCUT2D eigenvalue weighted by Crippen LogP contribution is 2.48. The van der Waals surface area contributed by atoms with E-state index in [0.717, 1.165) is 5.56 Å². The van der Waals surface area contributed by atoms with Crippen molar-refractivity contribution in [1.82, 2.24) is 14.7 Å². The van der Waals surface area contributed by atoms with Gasteiger partial charge in [0.25, 0.3) is 0 Å². The summed E-state index contributed by atoms with van der Waals surface area (Å²) in [5.41, 5.74) is 4.64. The van der Waals surface area contributed by atoms with Gasteiger partial charge in [0, 0.05) is 18.3 Å². The number of hydrogen-bond donors (Lipinski definition) is 0. The third-order valence-electron chi connectivity index (χ3n) is 7.97. The van der Waals surface area contributed by atoms with Crippen molar-refractivity contribution in [3.8, 4) is 11.5 Å². The van der Waals surface area contributed by atoms with Crippen molar-refractivity contribution in [1.29, 1.82) is 0 Å². The summed E-state index contributed by atoms with van der Waals surface area (Å²) in [6.07, 6.45) is 6.35. The van der Waals surface area contributed by atoms with Gasteiger partial charge in [-0.25, -0.2) is 0 Å². The first-order valence-corrected chi connectivity index (χ1v) is 13.4. The van der Waals surface area contributed by atoms with Crippen LogP contribution < -0.4 is 9.47 Å². The third kappa shape index (κ3) is 5.22. The Labute approximate surface area is 231 Å². The van der Waals surface area contributed by atoms with Gasteiger partial charge < -0.3 is 9.47 Å². The molecule has 0 saturated carbocycles. The maximum absolute atomic E-state index is 13.5. The SMILES string of the molecule is COc1ccc(CC(=O)N2C=C[C@@H](C)C(C3N(C)[C@@H](c4ccccc4)[C@H](c4ccccc4)N3C)=C2)cc1OC. The Kier molecular flexibility index (Phi) is 7.87. The highest BCUT2D eigenvalue weighted by Gasteiger charge is 2.47. The summed E-state index contributed by atoms with van der Waals surface area (Å²) in [5.74, 6) is 1.46. The first kappa shape index (κ1) is 26.7. The van der Waals surface area contributed by atoms with Crippen molar-refractivity contribution in [2.45, 2.75) is 31.6 Å². The summed E-state index contributed by atoms with van der Waals surface area (Å²) in [6, 6.07) is 27.4. The fraction of sp³-hybridized carbons (Fsp3) is 0.303. The van der Waals surface area contributed by atoms with E-state index in [1.54, 1.807) is 19.1 Å². The van der Waals surface area contributed by atoms with Gasteiger partial charge in [-0.15, -0.1) is 0 Å². The molecule has 1 fully saturated rings. The Bertz CT molecular complexity index is 1300. The smallest absolute Gasteiger partial charge is 0.234 e. The second-order valence-corrected chi connectivity index (χ2v) is 10.3. The van der Waals surface area contributed by atoms with Gasteiger partial charge in [-0.1, -0.05) is 79.7 Å². The van der Waals surface area contributed by atoms with Crippen LogP contribution in [0, 0.1) is 5.92 Å². The lowest BCUT2D eigenvalue weighted by molar-refractivity contribution is -0.126. The van der Waals surface area contributed by atoms with Crippen molar-refractivity contribution in [3.05, 3.63) is 120 Å². The van der Waals surface area contributed by atoms with Crippen molar-refractivity contribution in [2.24, 2.45) is 5.92 Å². The van der Waals surface area contributed by atoms with E-state index in [-0.39, 0.29) is 36.5 Å². The van der Waals surface area contributed by atoms with Gasteiger partial charge in [0.2, 0.25) is 5.91 Å². The summed E-state index contributed by atoms with van der Waals surface area (Å²) < 4.78 is 10.8. The largest absolute Gasteiger partial charge is 0.493 e. The fourth-order valence-corrected chi connectivity index (χ4v) is 6.01. The Morgan fingerprint density at radius 2 is 1.36 bits per heavy atom. The Morgan fingerprint density at radius 1 is 0.795 bits per heavy atom. The summed E-state index contributed by atoms with van der Waals surface area (Å²) in [4.78, 5) is 20.1. The molecule has 1 amide bonds. The summed E-state index contributed by atoms with van der Waals surface area (Å²) >= 11 is 0. The number of nitrogens with zero attached hydrogens (tertiary/aromatic N) is 3. The molecular weight excluding hydrogens is 486 g/mol. The topological polar surface area (TPSA) is 45.2 Å². The van der Waals surface area contributed by atoms with E-state index in [9.17, 15) is 4.79 Å². The third-order valence-corrected chi connectivity index (χ3v) is 7.97. The van der Waals surface area contributed by atoms with Crippen LogP contribution in [0.1, 0.15) is 35.7 Å². The molecule has 0 radical (unpaired) electrons. The second kappa shape index (κ2) is 11.5. The number of rotatable bonds is 7. The predicted molar refractivity (Wildman–Crippen MR) is 154 cm³/mol. The van der Waals surface area contributed by atoms with E-state index in [1.807, 2.05) is 30.6 Å². The number of likely N-dealkylation sites (N-methyl/N-ethyl adjacent to an activating group) is 2. The molecule has 0 unspecified atom stereocenters. The normalized spacial score (nSPS) is 22.1.